The molecule has 5 aromatic rings. The van der Waals surface area contributed by atoms with Gasteiger partial charge < -0.3 is 9.73 Å². The molecule has 1 amide bonds. The lowest BCUT2D eigenvalue weighted by molar-refractivity contribution is -0.111. The smallest absolute Gasteiger partial charge is 0.248 e. The van der Waals surface area contributed by atoms with Crippen LogP contribution in [0.2, 0.25) is 10.0 Å². The fraction of sp³-hybridized carbons (Fsp3) is 0.0833. The van der Waals surface area contributed by atoms with Crippen LogP contribution in [0.5, 0.6) is 0 Å². The van der Waals surface area contributed by atoms with Gasteiger partial charge in [-0.25, -0.2) is 0 Å². The molecule has 34 heavy (non-hydrogen) atoms. The Morgan fingerprint density at radius 1 is 1.12 bits per heavy atom. The minimum atomic E-state index is -0.276. The molecule has 0 aliphatic heterocycles. The topological polar surface area (TPSA) is 85.3 Å². The molecule has 0 spiro atoms. The number of nitrogens with one attached hydrogen (secondary N) is 1. The summed E-state index contributed by atoms with van der Waals surface area (Å²) < 4.78 is 7.54. The van der Waals surface area contributed by atoms with Crippen LogP contribution in [0.25, 0.3) is 32.9 Å². The van der Waals surface area contributed by atoms with Gasteiger partial charge in [-0.15, -0.1) is 10.2 Å². The maximum Gasteiger partial charge on any atom is 0.248 e. The lowest BCUT2D eigenvalue weighted by Crippen LogP contribution is -2.07. The summed E-state index contributed by atoms with van der Waals surface area (Å²) in [7, 11) is 0. The third-order valence-corrected chi connectivity index (χ3v) is 6.49. The van der Waals surface area contributed by atoms with E-state index in [1.807, 2.05) is 31.2 Å². The predicted octanol–water partition coefficient (Wildman–Crippen LogP) is 6.63. The number of aromatic nitrogens is 4. The summed E-state index contributed by atoms with van der Waals surface area (Å²) in [4.78, 5) is 13.1. The molecule has 0 aliphatic rings. The summed E-state index contributed by atoms with van der Waals surface area (Å²) in [5.41, 5.74) is 2.34. The molecule has 0 atom stereocenters. The van der Waals surface area contributed by atoms with Gasteiger partial charge in [0, 0.05) is 34.3 Å². The van der Waals surface area contributed by atoms with Gasteiger partial charge in [0.25, 0.3) is 0 Å². The summed E-state index contributed by atoms with van der Waals surface area (Å²) in [6, 6.07) is 16.2. The SMILES string of the molecule is CCc1nnc2sc(-c3ccc(NC(=O)C=Cc4ccc(-c5ccc(Cl)cc5Cl)o4)cc3)nn12. The Balaban J connectivity index is 1.24. The van der Waals surface area contributed by atoms with E-state index in [0.717, 1.165) is 33.3 Å². The lowest BCUT2D eigenvalue weighted by atomic mass is 10.2. The molecule has 0 aliphatic carbocycles. The standard InChI is InChI=1S/C24H17Cl2N5O2S/c1-2-21-28-29-24-31(21)30-23(34-24)14-3-6-16(7-4-14)27-22(32)12-9-17-8-11-20(33-17)18-10-5-15(25)13-19(18)26/h3-13H,2H2,1H3,(H,27,32). The van der Waals surface area contributed by atoms with Crippen LogP contribution in [0.1, 0.15) is 18.5 Å². The van der Waals surface area contributed by atoms with E-state index < -0.39 is 0 Å². The van der Waals surface area contributed by atoms with Crippen LogP contribution in [0.3, 0.4) is 0 Å². The first-order valence-electron chi connectivity index (χ1n) is 10.4. The minimum Gasteiger partial charge on any atom is -0.457 e. The number of hydrogen-bond donors (Lipinski definition) is 1. The summed E-state index contributed by atoms with van der Waals surface area (Å²) in [5.74, 6) is 1.67. The summed E-state index contributed by atoms with van der Waals surface area (Å²) >= 11 is 13.6. The molecule has 1 N–H and O–H groups in total. The molecule has 0 saturated carbocycles. The lowest BCUT2D eigenvalue weighted by Gasteiger charge is -2.03. The van der Waals surface area contributed by atoms with E-state index in [0.29, 0.717) is 27.3 Å². The quantitative estimate of drug-likeness (QED) is 0.259. The van der Waals surface area contributed by atoms with Crippen LogP contribution >= 0.6 is 34.5 Å². The van der Waals surface area contributed by atoms with Crippen LogP contribution in [0, 0.1) is 0 Å². The van der Waals surface area contributed by atoms with Crippen molar-refractivity contribution >= 4 is 57.2 Å². The molecule has 10 heteroatoms. The number of carbonyl (C=O) groups is 1. The zero-order valence-corrected chi connectivity index (χ0v) is 20.2. The Kier molecular flexibility index (Phi) is 6.19. The number of furan rings is 1. The molecule has 3 heterocycles. The second-order valence-electron chi connectivity index (χ2n) is 7.30. The number of nitrogens with zero attached hydrogens (tertiary/aromatic N) is 4. The largest absolute Gasteiger partial charge is 0.457 e. The van der Waals surface area contributed by atoms with Crippen molar-refractivity contribution in [1.82, 2.24) is 19.8 Å². The van der Waals surface area contributed by atoms with E-state index in [2.05, 4.69) is 20.6 Å². The van der Waals surface area contributed by atoms with E-state index in [-0.39, 0.29) is 5.91 Å². The van der Waals surface area contributed by atoms with Crippen molar-refractivity contribution in [2.24, 2.45) is 0 Å². The second-order valence-corrected chi connectivity index (χ2v) is 9.10. The number of hydrogen-bond acceptors (Lipinski definition) is 6. The van der Waals surface area contributed by atoms with E-state index in [9.17, 15) is 4.79 Å². The monoisotopic (exact) mass is 509 g/mol. The molecular weight excluding hydrogens is 493 g/mol. The van der Waals surface area contributed by atoms with Gasteiger partial charge in [0.1, 0.15) is 16.5 Å². The van der Waals surface area contributed by atoms with Gasteiger partial charge >= 0.3 is 0 Å². The van der Waals surface area contributed by atoms with Gasteiger partial charge in [-0.3, -0.25) is 4.79 Å². The Hall–Kier alpha value is -3.46. The van der Waals surface area contributed by atoms with Crippen molar-refractivity contribution in [3.05, 3.63) is 82.3 Å². The average molecular weight is 510 g/mol. The molecule has 0 bridgehead atoms. The number of fused-ring (bicyclic) bond motifs is 1. The van der Waals surface area contributed by atoms with Gasteiger partial charge in [0.15, 0.2) is 5.82 Å². The van der Waals surface area contributed by atoms with Crippen molar-refractivity contribution < 1.29 is 9.21 Å². The molecule has 0 radical (unpaired) electrons. The van der Waals surface area contributed by atoms with Crippen molar-refractivity contribution in [3.63, 3.8) is 0 Å². The van der Waals surface area contributed by atoms with Crippen molar-refractivity contribution in [2.45, 2.75) is 13.3 Å². The highest BCUT2D eigenvalue weighted by molar-refractivity contribution is 7.19. The predicted molar refractivity (Wildman–Crippen MR) is 135 cm³/mol. The number of anilines is 1. The average Bonchev–Trinajstić information content (AvgIpc) is 3.54. The molecule has 2 aromatic carbocycles. The molecule has 170 valence electrons. The molecule has 0 saturated heterocycles. The number of carbonyl (C=O) groups excluding carboxylic acids is 1. The van der Waals surface area contributed by atoms with E-state index >= 15 is 0 Å². The van der Waals surface area contributed by atoms with Crippen LogP contribution < -0.4 is 5.32 Å². The maximum atomic E-state index is 12.4. The normalized spacial score (nSPS) is 11.5. The van der Waals surface area contributed by atoms with Crippen LogP contribution in [-0.2, 0) is 11.2 Å². The highest BCUT2D eigenvalue weighted by atomic mass is 35.5. The highest BCUT2D eigenvalue weighted by Crippen LogP contribution is 2.32. The minimum absolute atomic E-state index is 0.276. The number of amides is 1. The van der Waals surface area contributed by atoms with Gasteiger partial charge in [0.2, 0.25) is 10.9 Å². The third kappa shape index (κ3) is 4.61. The maximum absolute atomic E-state index is 12.4. The summed E-state index contributed by atoms with van der Waals surface area (Å²) in [5, 5.41) is 17.6. The highest BCUT2D eigenvalue weighted by Gasteiger charge is 2.12. The molecule has 0 fully saturated rings. The Bertz CT molecular complexity index is 1520. The second kappa shape index (κ2) is 9.42. The van der Waals surface area contributed by atoms with Gasteiger partial charge in [-0.2, -0.15) is 9.61 Å². The summed E-state index contributed by atoms with van der Waals surface area (Å²) in [6.07, 6.45) is 3.77. The first-order valence-corrected chi connectivity index (χ1v) is 11.9. The van der Waals surface area contributed by atoms with E-state index in [4.69, 9.17) is 27.6 Å². The first-order chi connectivity index (χ1) is 16.5. The summed E-state index contributed by atoms with van der Waals surface area (Å²) in [6.45, 7) is 2.02. The number of aryl methyl sites for hydroxylation is 1. The van der Waals surface area contributed by atoms with Gasteiger partial charge in [-0.1, -0.05) is 41.5 Å². The third-order valence-electron chi connectivity index (χ3n) is 4.99. The number of halogens is 2. The van der Waals surface area contributed by atoms with Crippen LogP contribution in [0.4, 0.5) is 5.69 Å². The molecular formula is C24H17Cl2N5O2S. The molecule has 5 rings (SSSR count). The Morgan fingerprint density at radius 3 is 2.71 bits per heavy atom. The van der Waals surface area contributed by atoms with Crippen LogP contribution in [0.15, 0.2) is 65.1 Å². The first kappa shape index (κ1) is 22.3. The van der Waals surface area contributed by atoms with E-state index in [1.54, 1.807) is 40.9 Å². The Morgan fingerprint density at radius 2 is 1.94 bits per heavy atom. The van der Waals surface area contributed by atoms with Gasteiger partial charge in [0.05, 0.1) is 5.02 Å². The van der Waals surface area contributed by atoms with Crippen LogP contribution in [-0.4, -0.2) is 25.7 Å². The van der Waals surface area contributed by atoms with Crippen molar-refractivity contribution in [1.29, 1.82) is 0 Å². The molecule has 3 aromatic heterocycles. The van der Waals surface area contributed by atoms with Crippen molar-refractivity contribution in [2.75, 3.05) is 5.32 Å². The molecule has 7 nitrogen and oxygen atoms in total. The zero-order valence-electron chi connectivity index (χ0n) is 17.8. The molecule has 0 unspecified atom stereocenters. The number of benzene rings is 2. The van der Waals surface area contributed by atoms with Gasteiger partial charge in [-0.05, 0) is 60.7 Å². The number of rotatable bonds is 6. The fourth-order valence-corrected chi connectivity index (χ4v) is 4.67. The zero-order chi connectivity index (χ0) is 23.7. The van der Waals surface area contributed by atoms with E-state index in [1.165, 1.54) is 17.4 Å². The fourth-order valence-electron chi connectivity index (χ4n) is 3.31. The van der Waals surface area contributed by atoms with Crippen molar-refractivity contribution in [3.8, 4) is 21.9 Å². The Labute approximate surface area is 208 Å².